The topological polar surface area (TPSA) is 0 Å². The molecule has 2 aliphatic rings. The van der Waals surface area contributed by atoms with Gasteiger partial charge in [0.1, 0.15) is 6.71 Å². The third kappa shape index (κ3) is 2.56. The van der Waals surface area contributed by atoms with Crippen molar-refractivity contribution in [2.75, 3.05) is 5.33 Å². The van der Waals surface area contributed by atoms with Gasteiger partial charge in [-0.3, -0.25) is 0 Å². The molecule has 80 valence electrons. The van der Waals surface area contributed by atoms with E-state index in [1.54, 1.807) is 25.7 Å². The van der Waals surface area contributed by atoms with Crippen LogP contribution < -0.4 is 0 Å². The molecular weight excluding hydrogens is 235 g/mol. The number of halogens is 1. The van der Waals surface area contributed by atoms with Gasteiger partial charge < -0.3 is 0 Å². The molecule has 0 aliphatic carbocycles. The van der Waals surface area contributed by atoms with E-state index in [9.17, 15) is 0 Å². The van der Waals surface area contributed by atoms with Crippen LogP contribution in [0.3, 0.4) is 0 Å². The molecule has 2 heteroatoms. The van der Waals surface area contributed by atoms with Crippen molar-refractivity contribution in [3.8, 4) is 0 Å². The molecule has 0 unspecified atom stereocenters. The van der Waals surface area contributed by atoms with Crippen LogP contribution in [0.15, 0.2) is 0 Å². The molecule has 14 heavy (non-hydrogen) atoms. The highest BCUT2D eigenvalue weighted by atomic mass is 79.9. The Kier molecular flexibility index (Phi) is 4.40. The summed E-state index contributed by atoms with van der Waals surface area (Å²) in [5, 5.41) is 1.20. The molecule has 2 fully saturated rings. The summed E-state index contributed by atoms with van der Waals surface area (Å²) in [6, 6.07) is 0. The molecular formula is C12H22BBr. The Labute approximate surface area is 97.4 Å². The lowest BCUT2D eigenvalue weighted by Crippen LogP contribution is -2.34. The molecule has 2 heterocycles. The van der Waals surface area contributed by atoms with Crippen LogP contribution in [0, 0.1) is 0 Å². The summed E-state index contributed by atoms with van der Waals surface area (Å²) < 4.78 is 0. The largest absolute Gasteiger partial charge is 0.146 e. The number of rotatable bonds is 4. The van der Waals surface area contributed by atoms with E-state index >= 15 is 0 Å². The number of fused-ring (bicyclic) bond motifs is 2. The predicted octanol–water partition coefficient (Wildman–Crippen LogP) is 4.76. The second-order valence-electron chi connectivity index (χ2n) is 5.23. The van der Waals surface area contributed by atoms with Gasteiger partial charge in [0.05, 0.1) is 0 Å². The summed E-state index contributed by atoms with van der Waals surface area (Å²) in [4.78, 5) is 0. The second kappa shape index (κ2) is 5.58. The molecule has 2 saturated heterocycles. The summed E-state index contributed by atoms with van der Waals surface area (Å²) in [6.45, 7) is 1.12. The molecule has 0 spiro atoms. The molecule has 0 atom stereocenters. The zero-order valence-electron chi connectivity index (χ0n) is 9.18. The van der Waals surface area contributed by atoms with Gasteiger partial charge in [-0.05, 0) is 6.42 Å². The Balaban J connectivity index is 1.82. The van der Waals surface area contributed by atoms with Gasteiger partial charge in [-0.25, -0.2) is 0 Å². The second-order valence-corrected chi connectivity index (χ2v) is 6.02. The predicted molar refractivity (Wildman–Crippen MR) is 68.8 cm³/mol. The van der Waals surface area contributed by atoms with Crippen LogP contribution >= 0.6 is 15.9 Å². The van der Waals surface area contributed by atoms with Gasteiger partial charge in [0.2, 0.25) is 0 Å². The Morgan fingerprint density at radius 3 is 2.00 bits per heavy atom. The maximum Gasteiger partial charge on any atom is 0.146 e. The van der Waals surface area contributed by atoms with E-state index in [4.69, 9.17) is 0 Å². The average Bonchev–Trinajstić information content (AvgIpc) is 2.17. The average molecular weight is 257 g/mol. The van der Waals surface area contributed by atoms with Gasteiger partial charge in [-0.15, -0.1) is 0 Å². The van der Waals surface area contributed by atoms with Gasteiger partial charge in [0, 0.05) is 5.33 Å². The quantitative estimate of drug-likeness (QED) is 0.386. The molecule has 0 nitrogen and oxygen atoms in total. The van der Waals surface area contributed by atoms with Crippen LogP contribution in [0.4, 0.5) is 0 Å². The van der Waals surface area contributed by atoms with Gasteiger partial charge in [0.15, 0.2) is 0 Å². The van der Waals surface area contributed by atoms with Crippen molar-refractivity contribution in [2.24, 2.45) is 0 Å². The Morgan fingerprint density at radius 2 is 1.50 bits per heavy atom. The molecule has 0 aromatic carbocycles. The minimum Gasteiger partial charge on any atom is -0.0928 e. The van der Waals surface area contributed by atoms with Crippen molar-refractivity contribution in [1.29, 1.82) is 0 Å². The molecule has 0 N–H and O–H groups in total. The zero-order chi connectivity index (χ0) is 9.80. The van der Waals surface area contributed by atoms with E-state index in [0.29, 0.717) is 0 Å². The maximum absolute atomic E-state index is 3.54. The fourth-order valence-corrected chi connectivity index (χ4v) is 4.16. The summed E-state index contributed by atoms with van der Waals surface area (Å²) in [5.74, 6) is 2.25. The van der Waals surface area contributed by atoms with E-state index in [1.807, 2.05) is 0 Å². The molecule has 0 radical (unpaired) electrons. The lowest BCUT2D eigenvalue weighted by Gasteiger charge is -2.40. The highest BCUT2D eigenvalue weighted by Gasteiger charge is 2.37. The van der Waals surface area contributed by atoms with Gasteiger partial charge in [0.25, 0.3) is 0 Å². The number of hydrogen-bond donors (Lipinski definition) is 0. The first-order chi connectivity index (χ1) is 6.92. The first-order valence-electron chi connectivity index (χ1n) is 6.48. The number of alkyl halides is 1. The van der Waals surface area contributed by atoms with Crippen molar-refractivity contribution in [3.05, 3.63) is 0 Å². The molecule has 2 aliphatic heterocycles. The Bertz CT molecular complexity index is 150. The lowest BCUT2D eigenvalue weighted by molar-refractivity contribution is 0.440. The van der Waals surface area contributed by atoms with E-state index in [2.05, 4.69) is 15.9 Å². The van der Waals surface area contributed by atoms with Gasteiger partial charge in [-0.2, -0.15) is 0 Å². The normalized spacial score (nSPS) is 31.9. The van der Waals surface area contributed by atoms with Crippen molar-refractivity contribution in [2.45, 2.75) is 69.3 Å². The highest BCUT2D eigenvalue weighted by Crippen LogP contribution is 2.48. The molecule has 2 rings (SSSR count). The number of hydrogen-bond acceptors (Lipinski definition) is 0. The standard InChI is InChI=1S/C12H22BBr/c14-10-2-1-9-13-11-5-3-6-12(13)8-4-7-11/h11-12H,1-10H2. The SMILES string of the molecule is BrCCCCB1C2CCCC1CCC2. The molecule has 0 saturated carbocycles. The lowest BCUT2D eigenvalue weighted by atomic mass is 9.26. The smallest absolute Gasteiger partial charge is 0.0928 e. The molecule has 0 aromatic heterocycles. The summed E-state index contributed by atoms with van der Waals surface area (Å²) in [6.07, 6.45) is 13.6. The Morgan fingerprint density at radius 1 is 0.929 bits per heavy atom. The molecule has 0 amide bonds. The van der Waals surface area contributed by atoms with Crippen LogP contribution in [-0.4, -0.2) is 12.0 Å². The van der Waals surface area contributed by atoms with Crippen LogP contribution in [0.1, 0.15) is 51.4 Å². The van der Waals surface area contributed by atoms with Crippen molar-refractivity contribution in [3.63, 3.8) is 0 Å². The third-order valence-electron chi connectivity index (χ3n) is 4.43. The minimum absolute atomic E-state index is 1.12. The number of unbranched alkanes of at least 4 members (excludes halogenated alkanes) is 1. The molecule has 2 bridgehead atoms. The monoisotopic (exact) mass is 256 g/mol. The van der Waals surface area contributed by atoms with E-state index in [1.165, 1.54) is 37.3 Å². The van der Waals surface area contributed by atoms with Gasteiger partial charge in [-0.1, -0.05) is 78.8 Å². The zero-order valence-corrected chi connectivity index (χ0v) is 10.8. The van der Waals surface area contributed by atoms with Crippen molar-refractivity contribution in [1.82, 2.24) is 0 Å². The fourth-order valence-electron chi connectivity index (χ4n) is 3.76. The summed E-state index contributed by atoms with van der Waals surface area (Å²) in [5.41, 5.74) is 0. The Hall–Kier alpha value is 0.545. The van der Waals surface area contributed by atoms with Gasteiger partial charge >= 0.3 is 0 Å². The van der Waals surface area contributed by atoms with Crippen LogP contribution in [0.5, 0.6) is 0 Å². The summed E-state index contributed by atoms with van der Waals surface area (Å²) >= 11 is 3.54. The first kappa shape index (κ1) is 11.0. The third-order valence-corrected chi connectivity index (χ3v) is 4.99. The minimum atomic E-state index is 1.12. The molecule has 0 aromatic rings. The van der Waals surface area contributed by atoms with Crippen LogP contribution in [0.25, 0.3) is 0 Å². The van der Waals surface area contributed by atoms with E-state index in [0.717, 1.165) is 18.3 Å². The summed E-state index contributed by atoms with van der Waals surface area (Å²) in [7, 11) is 0. The van der Waals surface area contributed by atoms with E-state index in [-0.39, 0.29) is 0 Å². The first-order valence-corrected chi connectivity index (χ1v) is 7.60. The maximum atomic E-state index is 3.54. The fraction of sp³-hybridized carbons (Fsp3) is 1.00. The van der Waals surface area contributed by atoms with Crippen molar-refractivity contribution >= 4 is 22.6 Å². The highest BCUT2D eigenvalue weighted by molar-refractivity contribution is 9.09. The van der Waals surface area contributed by atoms with Crippen LogP contribution in [0.2, 0.25) is 18.0 Å². The van der Waals surface area contributed by atoms with Crippen molar-refractivity contribution < 1.29 is 0 Å². The van der Waals surface area contributed by atoms with Crippen LogP contribution in [-0.2, 0) is 0 Å². The van der Waals surface area contributed by atoms with E-state index < -0.39 is 0 Å².